The first-order chi connectivity index (χ1) is 17.9. The second-order valence-corrected chi connectivity index (χ2v) is 7.30. The third-order valence-electron chi connectivity index (χ3n) is 4.52. The standard InChI is InChI=1S/C10H8ClF3N4O.C10H9F3N4O2/c1-19-8-6(2-11)5-18(17-8)7-3-15-9(16-4-7)10(12,13)14;1-19-8-6(5-18)4-17(16-8)7-2-14-9(15-3-7)10(11,12)13/h3-5H,2H2,1H3;2-4,18H,5H2,1H3. The minimum atomic E-state index is -4.59. The molecule has 0 spiro atoms. The number of aliphatic hydroxyl groups is 1. The van der Waals surface area contributed by atoms with Crippen molar-refractivity contribution < 1.29 is 40.9 Å². The first-order valence-corrected chi connectivity index (χ1v) is 10.7. The topological polar surface area (TPSA) is 126 Å². The lowest BCUT2D eigenvalue weighted by molar-refractivity contribution is -0.145. The van der Waals surface area contributed by atoms with Gasteiger partial charge >= 0.3 is 12.4 Å². The molecule has 0 amide bonds. The molecule has 0 aliphatic rings. The third-order valence-corrected chi connectivity index (χ3v) is 4.80. The average Bonchev–Trinajstić information content (AvgIpc) is 3.52. The van der Waals surface area contributed by atoms with Gasteiger partial charge in [-0.15, -0.1) is 21.8 Å². The summed E-state index contributed by atoms with van der Waals surface area (Å²) in [6.45, 7) is -0.301. The SMILES string of the molecule is COc1nn(-c2cnc(C(F)(F)F)nc2)cc1CCl.COc1nn(-c2cnc(C(F)(F)F)nc2)cc1CO. The lowest BCUT2D eigenvalue weighted by Crippen LogP contribution is -2.11. The zero-order chi connectivity index (χ0) is 28.1. The molecule has 0 unspecified atom stereocenters. The molecular weight excluding hydrogens is 550 g/mol. The van der Waals surface area contributed by atoms with Gasteiger partial charge in [-0.2, -0.15) is 26.3 Å². The summed E-state index contributed by atoms with van der Waals surface area (Å²) in [6, 6.07) is 0. The molecule has 18 heteroatoms. The van der Waals surface area contributed by atoms with Crippen LogP contribution in [-0.4, -0.2) is 58.8 Å². The van der Waals surface area contributed by atoms with Crippen LogP contribution in [-0.2, 0) is 24.8 Å². The van der Waals surface area contributed by atoms with Crippen molar-refractivity contribution in [2.75, 3.05) is 14.2 Å². The van der Waals surface area contributed by atoms with E-state index in [9.17, 15) is 26.3 Å². The van der Waals surface area contributed by atoms with E-state index in [-0.39, 0.29) is 29.7 Å². The van der Waals surface area contributed by atoms with Gasteiger partial charge in [-0.1, -0.05) is 0 Å². The van der Waals surface area contributed by atoms with Crippen LogP contribution in [0.3, 0.4) is 0 Å². The van der Waals surface area contributed by atoms with Crippen molar-refractivity contribution in [3.8, 4) is 23.1 Å². The van der Waals surface area contributed by atoms with E-state index in [0.717, 1.165) is 24.8 Å². The highest BCUT2D eigenvalue weighted by atomic mass is 35.5. The highest BCUT2D eigenvalue weighted by molar-refractivity contribution is 6.17. The molecule has 0 aliphatic heterocycles. The smallest absolute Gasteiger partial charge is 0.451 e. The fourth-order valence-corrected chi connectivity index (χ4v) is 2.95. The number of hydrogen-bond acceptors (Lipinski definition) is 9. The summed E-state index contributed by atoms with van der Waals surface area (Å²) in [5.41, 5.74) is 1.53. The Balaban J connectivity index is 0.000000211. The summed E-state index contributed by atoms with van der Waals surface area (Å²) >= 11 is 5.68. The van der Waals surface area contributed by atoms with E-state index in [1.165, 1.54) is 36.0 Å². The zero-order valence-electron chi connectivity index (χ0n) is 19.4. The maximum Gasteiger partial charge on any atom is 0.451 e. The van der Waals surface area contributed by atoms with Crippen molar-refractivity contribution in [3.63, 3.8) is 0 Å². The number of aromatic nitrogens is 8. The van der Waals surface area contributed by atoms with E-state index in [4.69, 9.17) is 26.2 Å². The van der Waals surface area contributed by atoms with Gasteiger partial charge in [0, 0.05) is 18.0 Å². The van der Waals surface area contributed by atoms with Gasteiger partial charge in [0.15, 0.2) is 0 Å². The van der Waals surface area contributed by atoms with Gasteiger partial charge in [0.2, 0.25) is 23.4 Å². The predicted molar refractivity (Wildman–Crippen MR) is 117 cm³/mol. The molecular formula is C20H17ClF6N8O3. The van der Waals surface area contributed by atoms with Crippen LogP contribution < -0.4 is 9.47 Å². The fourth-order valence-electron chi connectivity index (χ4n) is 2.77. The summed E-state index contributed by atoms with van der Waals surface area (Å²) in [7, 11) is 2.79. The highest BCUT2D eigenvalue weighted by Crippen LogP contribution is 2.27. The van der Waals surface area contributed by atoms with Crippen LogP contribution in [0, 0.1) is 0 Å². The largest absolute Gasteiger partial charge is 0.480 e. The molecule has 38 heavy (non-hydrogen) atoms. The number of nitrogens with zero attached hydrogens (tertiary/aromatic N) is 8. The summed E-state index contributed by atoms with van der Waals surface area (Å²) in [6.07, 6.45) is -2.16. The zero-order valence-corrected chi connectivity index (χ0v) is 20.1. The van der Waals surface area contributed by atoms with E-state index in [1.54, 1.807) is 0 Å². The van der Waals surface area contributed by atoms with Crippen molar-refractivity contribution in [1.29, 1.82) is 0 Å². The van der Waals surface area contributed by atoms with Crippen LogP contribution >= 0.6 is 11.6 Å². The van der Waals surface area contributed by atoms with Gasteiger partial charge in [0.25, 0.3) is 0 Å². The first kappa shape index (κ1) is 28.6. The first-order valence-electron chi connectivity index (χ1n) is 10.1. The quantitative estimate of drug-likeness (QED) is 0.275. The molecule has 4 heterocycles. The van der Waals surface area contributed by atoms with Crippen molar-refractivity contribution in [3.05, 3.63) is 60.0 Å². The minimum Gasteiger partial charge on any atom is -0.480 e. The van der Waals surface area contributed by atoms with Gasteiger partial charge in [-0.25, -0.2) is 29.3 Å². The second kappa shape index (κ2) is 11.6. The maximum absolute atomic E-state index is 12.3. The van der Waals surface area contributed by atoms with Gasteiger partial charge in [-0.3, -0.25) is 0 Å². The van der Waals surface area contributed by atoms with Gasteiger partial charge in [0.1, 0.15) is 11.4 Å². The molecule has 4 aromatic heterocycles. The Morgan fingerprint density at radius 2 is 1.11 bits per heavy atom. The van der Waals surface area contributed by atoms with Crippen LogP contribution in [0.15, 0.2) is 37.2 Å². The fraction of sp³-hybridized carbons (Fsp3) is 0.300. The summed E-state index contributed by atoms with van der Waals surface area (Å²) in [5.74, 6) is -1.77. The van der Waals surface area contributed by atoms with E-state index in [1.807, 2.05) is 0 Å². The van der Waals surface area contributed by atoms with Crippen LogP contribution in [0.4, 0.5) is 26.3 Å². The Labute approximate surface area is 214 Å². The molecule has 4 rings (SSSR count). The molecule has 0 saturated carbocycles. The lowest BCUT2D eigenvalue weighted by Gasteiger charge is -2.05. The molecule has 0 atom stereocenters. The second-order valence-electron chi connectivity index (χ2n) is 7.03. The Bertz CT molecular complexity index is 1190. The number of methoxy groups -OCH3 is 2. The normalized spacial score (nSPS) is 11.6. The van der Waals surface area contributed by atoms with Crippen LogP contribution in [0.1, 0.15) is 22.8 Å². The number of aliphatic hydroxyl groups excluding tert-OH is 1. The number of rotatable bonds is 6. The number of alkyl halides is 7. The molecule has 11 nitrogen and oxygen atoms in total. The van der Waals surface area contributed by atoms with Crippen molar-refractivity contribution in [2.24, 2.45) is 0 Å². The van der Waals surface area contributed by atoms with Crippen molar-refractivity contribution in [1.82, 2.24) is 39.5 Å². The average molecular weight is 567 g/mol. The summed E-state index contributed by atoms with van der Waals surface area (Å²) in [5, 5.41) is 17.0. The monoisotopic (exact) mass is 566 g/mol. The Morgan fingerprint density at radius 1 is 0.737 bits per heavy atom. The van der Waals surface area contributed by atoms with Gasteiger partial charge in [0.05, 0.1) is 57.1 Å². The molecule has 0 radical (unpaired) electrons. The molecule has 0 aromatic carbocycles. The van der Waals surface area contributed by atoms with Crippen molar-refractivity contribution >= 4 is 11.6 Å². The van der Waals surface area contributed by atoms with Gasteiger partial charge < -0.3 is 14.6 Å². The molecule has 1 N–H and O–H groups in total. The Kier molecular flexibility index (Phi) is 8.72. The number of halogens is 7. The number of hydrogen-bond donors (Lipinski definition) is 1. The molecule has 0 saturated heterocycles. The number of ether oxygens (including phenoxy) is 2. The van der Waals surface area contributed by atoms with Crippen molar-refractivity contribution in [2.45, 2.75) is 24.8 Å². The summed E-state index contributed by atoms with van der Waals surface area (Å²) in [4.78, 5) is 12.9. The van der Waals surface area contributed by atoms with Crippen LogP contribution in [0.25, 0.3) is 11.4 Å². The van der Waals surface area contributed by atoms with Gasteiger partial charge in [-0.05, 0) is 0 Å². The van der Waals surface area contributed by atoms with E-state index >= 15 is 0 Å². The molecule has 0 fully saturated rings. The Hall–Kier alpha value is -3.99. The van der Waals surface area contributed by atoms with E-state index in [0.29, 0.717) is 17.0 Å². The minimum absolute atomic E-state index is 0.171. The molecule has 4 aromatic rings. The third kappa shape index (κ3) is 6.65. The van der Waals surface area contributed by atoms with Crippen LogP contribution in [0.5, 0.6) is 11.8 Å². The highest BCUT2D eigenvalue weighted by Gasteiger charge is 2.35. The molecule has 204 valence electrons. The maximum atomic E-state index is 12.3. The lowest BCUT2D eigenvalue weighted by atomic mass is 10.4. The van der Waals surface area contributed by atoms with E-state index in [2.05, 4.69) is 30.1 Å². The predicted octanol–water partition coefficient (Wildman–Crippen LogP) is 3.61. The Morgan fingerprint density at radius 3 is 1.37 bits per heavy atom. The van der Waals surface area contributed by atoms with Crippen LogP contribution in [0.2, 0.25) is 0 Å². The molecule has 0 bridgehead atoms. The summed E-state index contributed by atoms with van der Waals surface area (Å²) < 4.78 is 86.3. The van der Waals surface area contributed by atoms with E-state index < -0.39 is 24.0 Å². The molecule has 0 aliphatic carbocycles.